The second-order valence-corrected chi connectivity index (χ2v) is 5.79. The van der Waals surface area contributed by atoms with Gasteiger partial charge in [0.2, 0.25) is 0 Å². The van der Waals surface area contributed by atoms with Gasteiger partial charge in [-0.05, 0) is 49.8 Å². The minimum atomic E-state index is -0.224. The van der Waals surface area contributed by atoms with Crippen molar-refractivity contribution in [2.45, 2.75) is 50.8 Å². The van der Waals surface area contributed by atoms with Crippen molar-refractivity contribution in [3.63, 3.8) is 0 Å². The first-order chi connectivity index (χ1) is 9.74. The topological polar surface area (TPSA) is 55.6 Å². The van der Waals surface area contributed by atoms with Gasteiger partial charge in [-0.2, -0.15) is 0 Å². The molecule has 2 fully saturated rings. The van der Waals surface area contributed by atoms with Crippen molar-refractivity contribution in [3.8, 4) is 0 Å². The highest BCUT2D eigenvalue weighted by atomic mass is 16.5. The lowest BCUT2D eigenvalue weighted by molar-refractivity contribution is -0.147. The van der Waals surface area contributed by atoms with Crippen LogP contribution in [0.1, 0.15) is 37.7 Å². The highest BCUT2D eigenvalue weighted by molar-refractivity contribution is 5.81. The smallest absolute Gasteiger partial charge is 0.252 e. The number of nitrogen functional groups attached to an aromatic ring is 1. The summed E-state index contributed by atoms with van der Waals surface area (Å²) in [7, 11) is 0. The van der Waals surface area contributed by atoms with Gasteiger partial charge < -0.3 is 15.4 Å². The van der Waals surface area contributed by atoms with Crippen molar-refractivity contribution in [2.75, 3.05) is 12.3 Å². The van der Waals surface area contributed by atoms with Crippen molar-refractivity contribution in [1.82, 2.24) is 4.90 Å². The lowest BCUT2D eigenvalue weighted by Gasteiger charge is -2.29. The van der Waals surface area contributed by atoms with Crippen LogP contribution in [0.5, 0.6) is 0 Å². The van der Waals surface area contributed by atoms with Gasteiger partial charge in [0.15, 0.2) is 0 Å². The van der Waals surface area contributed by atoms with Crippen LogP contribution in [0, 0.1) is 0 Å². The lowest BCUT2D eigenvalue weighted by atomic mass is 10.1. The summed E-state index contributed by atoms with van der Waals surface area (Å²) in [6, 6.07) is 8.19. The summed E-state index contributed by atoms with van der Waals surface area (Å²) in [4.78, 5) is 14.6. The Balaban J connectivity index is 1.68. The summed E-state index contributed by atoms with van der Waals surface area (Å²) in [5.74, 6) is 0.170. The van der Waals surface area contributed by atoms with E-state index in [1.807, 2.05) is 29.2 Å². The standard InChI is InChI=1S/C16H22N2O2/c17-13-6-4-12(5-7-13)11-18(14-8-9-14)16(19)15-3-1-2-10-20-15/h4-7,14-15H,1-3,8-11,17H2. The molecule has 0 bridgehead atoms. The Hall–Kier alpha value is -1.55. The fraction of sp³-hybridized carbons (Fsp3) is 0.562. The second kappa shape index (κ2) is 5.83. The van der Waals surface area contributed by atoms with E-state index < -0.39 is 0 Å². The quantitative estimate of drug-likeness (QED) is 0.857. The average Bonchev–Trinajstić information content (AvgIpc) is 3.31. The van der Waals surface area contributed by atoms with Crippen LogP contribution in [0.3, 0.4) is 0 Å². The summed E-state index contributed by atoms with van der Waals surface area (Å²) in [6.07, 6.45) is 5.05. The largest absolute Gasteiger partial charge is 0.399 e. The number of benzene rings is 1. The molecule has 1 unspecified atom stereocenters. The molecule has 3 rings (SSSR count). The molecule has 4 nitrogen and oxygen atoms in total. The number of hydrogen-bond donors (Lipinski definition) is 1. The molecule has 0 aromatic heterocycles. The molecular formula is C16H22N2O2. The van der Waals surface area contributed by atoms with E-state index in [0.29, 0.717) is 12.6 Å². The summed E-state index contributed by atoms with van der Waals surface area (Å²) < 4.78 is 5.64. The van der Waals surface area contributed by atoms with Crippen LogP contribution >= 0.6 is 0 Å². The van der Waals surface area contributed by atoms with Crippen LogP contribution in [-0.4, -0.2) is 29.6 Å². The molecule has 1 amide bonds. The van der Waals surface area contributed by atoms with E-state index in [0.717, 1.165) is 50.0 Å². The Kier molecular flexibility index (Phi) is 3.92. The first kappa shape index (κ1) is 13.4. The molecule has 0 spiro atoms. The molecule has 1 saturated heterocycles. The third-order valence-corrected chi connectivity index (χ3v) is 4.06. The maximum atomic E-state index is 12.6. The van der Waals surface area contributed by atoms with E-state index in [1.165, 1.54) is 0 Å². The highest BCUT2D eigenvalue weighted by Crippen LogP contribution is 2.30. The van der Waals surface area contributed by atoms with Gasteiger partial charge in [-0.25, -0.2) is 0 Å². The molecule has 1 atom stereocenters. The summed E-state index contributed by atoms with van der Waals surface area (Å²) in [6.45, 7) is 1.39. The van der Waals surface area contributed by atoms with E-state index in [2.05, 4.69) is 0 Å². The minimum Gasteiger partial charge on any atom is -0.399 e. The number of nitrogens with two attached hydrogens (primary N) is 1. The first-order valence-corrected chi connectivity index (χ1v) is 7.50. The van der Waals surface area contributed by atoms with Gasteiger partial charge >= 0.3 is 0 Å². The van der Waals surface area contributed by atoms with Gasteiger partial charge in [0, 0.05) is 24.9 Å². The Bertz CT molecular complexity index is 462. The van der Waals surface area contributed by atoms with Crippen LogP contribution < -0.4 is 5.73 Å². The van der Waals surface area contributed by atoms with Crippen molar-refractivity contribution in [2.24, 2.45) is 0 Å². The number of hydrogen-bond acceptors (Lipinski definition) is 3. The van der Waals surface area contributed by atoms with Crippen LogP contribution in [0.25, 0.3) is 0 Å². The van der Waals surface area contributed by atoms with E-state index in [1.54, 1.807) is 0 Å². The van der Waals surface area contributed by atoms with Crippen LogP contribution in [0.4, 0.5) is 5.69 Å². The molecule has 1 aliphatic carbocycles. The summed E-state index contributed by atoms with van der Waals surface area (Å²) >= 11 is 0. The number of carbonyl (C=O) groups excluding carboxylic acids is 1. The normalized spacial score (nSPS) is 22.5. The van der Waals surface area contributed by atoms with Crippen LogP contribution in [-0.2, 0) is 16.1 Å². The number of ether oxygens (including phenoxy) is 1. The van der Waals surface area contributed by atoms with Crippen LogP contribution in [0.15, 0.2) is 24.3 Å². The third kappa shape index (κ3) is 3.12. The summed E-state index contributed by atoms with van der Waals surface area (Å²) in [5, 5.41) is 0. The molecule has 1 aromatic carbocycles. The predicted octanol–water partition coefficient (Wildman–Crippen LogP) is 2.33. The fourth-order valence-electron chi connectivity index (χ4n) is 2.71. The molecule has 2 aliphatic rings. The van der Waals surface area contributed by atoms with Gasteiger partial charge in [-0.1, -0.05) is 12.1 Å². The third-order valence-electron chi connectivity index (χ3n) is 4.06. The molecule has 20 heavy (non-hydrogen) atoms. The first-order valence-electron chi connectivity index (χ1n) is 7.50. The van der Waals surface area contributed by atoms with Crippen LogP contribution in [0.2, 0.25) is 0 Å². The molecule has 0 radical (unpaired) electrons. The molecule has 4 heteroatoms. The summed E-state index contributed by atoms with van der Waals surface area (Å²) in [5.41, 5.74) is 7.60. The minimum absolute atomic E-state index is 0.170. The average molecular weight is 274 g/mol. The molecule has 1 aromatic rings. The van der Waals surface area contributed by atoms with Gasteiger partial charge in [0.1, 0.15) is 6.10 Å². The maximum absolute atomic E-state index is 12.6. The van der Waals surface area contributed by atoms with E-state index in [4.69, 9.17) is 10.5 Å². The Labute approximate surface area is 119 Å². The van der Waals surface area contributed by atoms with Gasteiger partial charge in [0.05, 0.1) is 0 Å². The molecule has 1 saturated carbocycles. The van der Waals surface area contributed by atoms with Crippen molar-refractivity contribution in [1.29, 1.82) is 0 Å². The molecule has 1 heterocycles. The Morgan fingerprint density at radius 3 is 2.55 bits per heavy atom. The molecule has 108 valence electrons. The van der Waals surface area contributed by atoms with Gasteiger partial charge in [-0.3, -0.25) is 4.79 Å². The van der Waals surface area contributed by atoms with E-state index in [-0.39, 0.29) is 12.0 Å². The maximum Gasteiger partial charge on any atom is 0.252 e. The SMILES string of the molecule is Nc1ccc(CN(C(=O)C2CCCCO2)C2CC2)cc1. The van der Waals surface area contributed by atoms with Crippen molar-refractivity contribution < 1.29 is 9.53 Å². The second-order valence-electron chi connectivity index (χ2n) is 5.79. The van der Waals surface area contributed by atoms with Gasteiger partial charge in [0.25, 0.3) is 5.91 Å². The predicted molar refractivity (Wildman–Crippen MR) is 78.0 cm³/mol. The van der Waals surface area contributed by atoms with Gasteiger partial charge in [-0.15, -0.1) is 0 Å². The number of nitrogens with zero attached hydrogens (tertiary/aromatic N) is 1. The van der Waals surface area contributed by atoms with E-state index in [9.17, 15) is 4.79 Å². The number of rotatable bonds is 4. The van der Waals surface area contributed by atoms with Crippen molar-refractivity contribution >= 4 is 11.6 Å². The number of anilines is 1. The fourth-order valence-corrected chi connectivity index (χ4v) is 2.71. The Morgan fingerprint density at radius 1 is 1.20 bits per heavy atom. The molecule has 1 aliphatic heterocycles. The zero-order valence-corrected chi connectivity index (χ0v) is 11.8. The Morgan fingerprint density at radius 2 is 1.95 bits per heavy atom. The zero-order valence-electron chi connectivity index (χ0n) is 11.8. The monoisotopic (exact) mass is 274 g/mol. The molecule has 2 N–H and O–H groups in total. The number of amides is 1. The zero-order chi connectivity index (χ0) is 13.9. The number of carbonyl (C=O) groups is 1. The van der Waals surface area contributed by atoms with E-state index >= 15 is 0 Å². The van der Waals surface area contributed by atoms with Crippen molar-refractivity contribution in [3.05, 3.63) is 29.8 Å². The molecular weight excluding hydrogens is 252 g/mol. The highest BCUT2D eigenvalue weighted by Gasteiger charge is 2.36. The lowest BCUT2D eigenvalue weighted by Crippen LogP contribution is -2.42.